The van der Waals surface area contributed by atoms with Crippen molar-refractivity contribution in [3.05, 3.63) is 41.3 Å². The average Bonchev–Trinajstić information content (AvgIpc) is 2.94. The highest BCUT2D eigenvalue weighted by Crippen LogP contribution is 2.20. The Hall–Kier alpha value is -1.84. The second-order valence-corrected chi connectivity index (χ2v) is 6.08. The van der Waals surface area contributed by atoms with Crippen molar-refractivity contribution in [2.75, 3.05) is 6.54 Å². The predicted octanol–water partition coefficient (Wildman–Crippen LogP) is 0.530. The van der Waals surface area contributed by atoms with Crippen LogP contribution in [0.2, 0.25) is 0 Å². The number of nitrogens with zero attached hydrogens (tertiary/aromatic N) is 2. The lowest BCUT2D eigenvalue weighted by atomic mass is 10.1. The summed E-state index contributed by atoms with van der Waals surface area (Å²) in [6.45, 7) is 0.958. The largest absolute Gasteiger partial charge is 0.392 e. The van der Waals surface area contributed by atoms with Gasteiger partial charge in [-0.15, -0.1) is 0 Å². The molecular formula is C12H14FN3O4S. The molecule has 114 valence electrons. The van der Waals surface area contributed by atoms with Crippen LogP contribution in [-0.4, -0.2) is 30.2 Å². The number of aliphatic hydroxyl groups excluding tert-OH is 1. The highest BCUT2D eigenvalue weighted by molar-refractivity contribution is 7.89. The standard InChI is InChI=1S/C12H14FN3O4S/c1-8-10(13)4-9(6-17)5-11(8)21(18,19)16-3-2-12-14-7-15-20-12/h4-5,7,16-17H,2-3,6H2,1H3. The minimum atomic E-state index is -3.89. The molecule has 9 heteroatoms. The van der Waals surface area contributed by atoms with Gasteiger partial charge in [0.25, 0.3) is 0 Å². The van der Waals surface area contributed by atoms with Crippen LogP contribution < -0.4 is 4.72 Å². The molecule has 0 saturated carbocycles. The molecule has 0 saturated heterocycles. The fourth-order valence-electron chi connectivity index (χ4n) is 1.75. The van der Waals surface area contributed by atoms with Gasteiger partial charge >= 0.3 is 0 Å². The summed E-state index contributed by atoms with van der Waals surface area (Å²) >= 11 is 0. The zero-order chi connectivity index (χ0) is 15.5. The van der Waals surface area contributed by atoms with Crippen molar-refractivity contribution < 1.29 is 22.4 Å². The Kier molecular flexibility index (Phi) is 4.66. The summed E-state index contributed by atoms with van der Waals surface area (Å²) in [7, 11) is -3.89. The van der Waals surface area contributed by atoms with E-state index < -0.39 is 22.4 Å². The smallest absolute Gasteiger partial charge is 0.240 e. The first-order valence-electron chi connectivity index (χ1n) is 6.09. The normalized spacial score (nSPS) is 11.8. The van der Waals surface area contributed by atoms with Crippen LogP contribution in [0.3, 0.4) is 0 Å². The van der Waals surface area contributed by atoms with Gasteiger partial charge in [0.2, 0.25) is 15.9 Å². The Balaban J connectivity index is 2.17. The third-order valence-electron chi connectivity index (χ3n) is 2.87. The highest BCUT2D eigenvalue weighted by Gasteiger charge is 2.20. The van der Waals surface area contributed by atoms with E-state index in [1.54, 1.807) is 0 Å². The molecule has 21 heavy (non-hydrogen) atoms. The van der Waals surface area contributed by atoms with Crippen LogP contribution in [0.4, 0.5) is 4.39 Å². The van der Waals surface area contributed by atoms with E-state index in [0.717, 1.165) is 6.07 Å². The van der Waals surface area contributed by atoms with E-state index in [4.69, 9.17) is 9.63 Å². The van der Waals surface area contributed by atoms with Gasteiger partial charge in [-0.2, -0.15) is 4.98 Å². The van der Waals surface area contributed by atoms with Crippen molar-refractivity contribution in [3.8, 4) is 0 Å². The molecule has 0 fully saturated rings. The topological polar surface area (TPSA) is 105 Å². The van der Waals surface area contributed by atoms with Crippen molar-refractivity contribution in [1.82, 2.24) is 14.9 Å². The second-order valence-electron chi connectivity index (χ2n) is 4.34. The summed E-state index contributed by atoms with van der Waals surface area (Å²) in [6, 6.07) is 2.35. The van der Waals surface area contributed by atoms with Gasteiger partial charge in [0.05, 0.1) is 11.5 Å². The Morgan fingerprint density at radius 3 is 2.81 bits per heavy atom. The number of halogens is 1. The van der Waals surface area contributed by atoms with Gasteiger partial charge in [0.15, 0.2) is 6.33 Å². The van der Waals surface area contributed by atoms with Crippen LogP contribution >= 0.6 is 0 Å². The van der Waals surface area contributed by atoms with Gasteiger partial charge in [0, 0.05) is 18.5 Å². The second kappa shape index (κ2) is 6.29. The van der Waals surface area contributed by atoms with Gasteiger partial charge in [-0.3, -0.25) is 0 Å². The number of nitrogens with one attached hydrogen (secondary N) is 1. The predicted molar refractivity (Wildman–Crippen MR) is 70.3 cm³/mol. The molecule has 0 aliphatic carbocycles. The highest BCUT2D eigenvalue weighted by atomic mass is 32.2. The summed E-state index contributed by atoms with van der Waals surface area (Å²) in [4.78, 5) is 3.56. The zero-order valence-corrected chi connectivity index (χ0v) is 12.0. The molecule has 2 N–H and O–H groups in total. The van der Waals surface area contributed by atoms with E-state index in [9.17, 15) is 12.8 Å². The number of sulfonamides is 1. The molecule has 7 nitrogen and oxygen atoms in total. The maximum atomic E-state index is 13.7. The Morgan fingerprint density at radius 2 is 2.19 bits per heavy atom. The molecular weight excluding hydrogens is 301 g/mol. The first-order chi connectivity index (χ1) is 9.94. The zero-order valence-electron chi connectivity index (χ0n) is 11.2. The van der Waals surface area contributed by atoms with E-state index in [2.05, 4.69) is 14.9 Å². The Labute approximate surface area is 120 Å². The van der Waals surface area contributed by atoms with Gasteiger partial charge in [-0.1, -0.05) is 5.16 Å². The monoisotopic (exact) mass is 315 g/mol. The third kappa shape index (κ3) is 3.63. The third-order valence-corrected chi connectivity index (χ3v) is 4.45. The lowest BCUT2D eigenvalue weighted by Crippen LogP contribution is -2.27. The van der Waals surface area contributed by atoms with Gasteiger partial charge in [-0.25, -0.2) is 17.5 Å². The first kappa shape index (κ1) is 15.5. The Morgan fingerprint density at radius 1 is 1.43 bits per heavy atom. The van der Waals surface area contributed by atoms with E-state index in [1.165, 1.54) is 19.3 Å². The van der Waals surface area contributed by atoms with E-state index in [-0.39, 0.29) is 29.0 Å². The van der Waals surface area contributed by atoms with Crippen LogP contribution in [0.15, 0.2) is 27.9 Å². The van der Waals surface area contributed by atoms with Gasteiger partial charge in [0.1, 0.15) is 5.82 Å². The van der Waals surface area contributed by atoms with E-state index in [0.29, 0.717) is 5.89 Å². The molecule has 2 aromatic rings. The maximum absolute atomic E-state index is 13.7. The molecule has 0 aliphatic rings. The summed E-state index contributed by atoms with van der Waals surface area (Å²) < 4.78 is 45.1. The molecule has 1 heterocycles. The van der Waals surface area contributed by atoms with Crippen molar-refractivity contribution in [2.24, 2.45) is 0 Å². The SMILES string of the molecule is Cc1c(F)cc(CO)cc1S(=O)(=O)NCCc1ncno1. The summed E-state index contributed by atoms with van der Waals surface area (Å²) in [6.07, 6.45) is 1.44. The van der Waals surface area contributed by atoms with Crippen LogP contribution in [0.25, 0.3) is 0 Å². The summed E-state index contributed by atoms with van der Waals surface area (Å²) in [5.41, 5.74) is 0.188. The summed E-state index contributed by atoms with van der Waals surface area (Å²) in [5.74, 6) is -0.386. The number of benzene rings is 1. The molecule has 0 amide bonds. The molecule has 1 aromatic carbocycles. The Bertz CT molecular complexity index is 716. The fourth-order valence-corrected chi connectivity index (χ4v) is 3.09. The summed E-state index contributed by atoms with van der Waals surface area (Å²) in [5, 5.41) is 12.4. The van der Waals surface area contributed by atoms with Crippen LogP contribution in [0.1, 0.15) is 17.0 Å². The minimum Gasteiger partial charge on any atom is -0.392 e. The molecule has 1 aromatic heterocycles. The molecule has 0 spiro atoms. The lowest BCUT2D eigenvalue weighted by Gasteiger charge is -2.11. The quantitative estimate of drug-likeness (QED) is 0.805. The number of rotatable bonds is 6. The van der Waals surface area contributed by atoms with Crippen molar-refractivity contribution in [2.45, 2.75) is 24.8 Å². The molecule has 2 rings (SSSR count). The number of hydrogen-bond donors (Lipinski definition) is 2. The maximum Gasteiger partial charge on any atom is 0.240 e. The number of aromatic nitrogens is 2. The van der Waals surface area contributed by atoms with E-state index in [1.807, 2.05) is 0 Å². The fraction of sp³-hybridized carbons (Fsp3) is 0.333. The molecule has 0 aliphatic heterocycles. The van der Waals surface area contributed by atoms with Gasteiger partial charge in [-0.05, 0) is 24.6 Å². The number of hydrogen-bond acceptors (Lipinski definition) is 6. The van der Waals surface area contributed by atoms with Gasteiger partial charge < -0.3 is 9.63 Å². The average molecular weight is 315 g/mol. The minimum absolute atomic E-state index is 0.00232. The van der Waals surface area contributed by atoms with E-state index >= 15 is 0 Å². The van der Waals surface area contributed by atoms with Crippen LogP contribution in [0, 0.1) is 12.7 Å². The molecule has 0 unspecified atom stereocenters. The lowest BCUT2D eigenvalue weighted by molar-refractivity contribution is 0.281. The molecule has 0 atom stereocenters. The molecule has 0 radical (unpaired) electrons. The van der Waals surface area contributed by atoms with Crippen LogP contribution in [-0.2, 0) is 23.1 Å². The van der Waals surface area contributed by atoms with Crippen molar-refractivity contribution in [1.29, 1.82) is 0 Å². The first-order valence-corrected chi connectivity index (χ1v) is 7.57. The number of aliphatic hydroxyl groups is 1. The van der Waals surface area contributed by atoms with Crippen molar-refractivity contribution >= 4 is 10.0 Å². The van der Waals surface area contributed by atoms with Crippen LogP contribution in [0.5, 0.6) is 0 Å². The van der Waals surface area contributed by atoms with Crippen molar-refractivity contribution in [3.63, 3.8) is 0 Å². The molecule has 0 bridgehead atoms.